The summed E-state index contributed by atoms with van der Waals surface area (Å²) in [6, 6.07) is 10.2. The summed E-state index contributed by atoms with van der Waals surface area (Å²) in [5, 5.41) is 3.35. The predicted molar refractivity (Wildman–Crippen MR) is 107 cm³/mol. The average molecular weight is 365 g/mol. The number of hydrogen-bond donors (Lipinski definition) is 1. The van der Waals surface area contributed by atoms with Gasteiger partial charge in [0, 0.05) is 43.9 Å². The molecule has 1 amide bonds. The molecule has 0 bridgehead atoms. The molecule has 1 N–H and O–H groups in total. The molecule has 2 aromatic rings. The monoisotopic (exact) mass is 365 g/mol. The Balaban J connectivity index is 1.37. The zero-order valence-electron chi connectivity index (χ0n) is 15.9. The van der Waals surface area contributed by atoms with Crippen LogP contribution in [0.3, 0.4) is 0 Å². The quantitative estimate of drug-likeness (QED) is 0.900. The summed E-state index contributed by atoms with van der Waals surface area (Å²) < 4.78 is 0. The first kappa shape index (κ1) is 17.8. The molecule has 2 fully saturated rings. The number of carbonyl (C=O) groups excluding carboxylic acids is 1. The summed E-state index contributed by atoms with van der Waals surface area (Å²) in [5.41, 5.74) is 2.23. The van der Waals surface area contributed by atoms with Crippen LogP contribution in [0.15, 0.2) is 36.7 Å². The molecule has 1 aromatic heterocycles. The van der Waals surface area contributed by atoms with Crippen LogP contribution < -0.4 is 10.2 Å². The molecule has 3 heterocycles. The van der Waals surface area contributed by atoms with Crippen molar-refractivity contribution in [2.45, 2.75) is 32.6 Å². The first-order valence-corrected chi connectivity index (χ1v) is 9.88. The van der Waals surface area contributed by atoms with Crippen LogP contribution in [0.5, 0.6) is 0 Å². The maximum atomic E-state index is 12.6. The van der Waals surface area contributed by atoms with E-state index < -0.39 is 0 Å². The van der Waals surface area contributed by atoms with Gasteiger partial charge in [-0.3, -0.25) is 4.79 Å². The van der Waals surface area contributed by atoms with Gasteiger partial charge in [0.1, 0.15) is 18.0 Å². The van der Waals surface area contributed by atoms with Crippen LogP contribution in [0.1, 0.15) is 31.2 Å². The van der Waals surface area contributed by atoms with E-state index >= 15 is 0 Å². The van der Waals surface area contributed by atoms with Crippen LogP contribution in [0.4, 0.5) is 17.3 Å². The highest BCUT2D eigenvalue weighted by molar-refractivity contribution is 5.79. The van der Waals surface area contributed by atoms with Crippen molar-refractivity contribution >= 4 is 23.2 Å². The number of anilines is 3. The number of aryl methyl sites for hydroxylation is 1. The Morgan fingerprint density at radius 2 is 1.85 bits per heavy atom. The number of benzene rings is 1. The van der Waals surface area contributed by atoms with Crippen molar-refractivity contribution in [2.75, 3.05) is 36.4 Å². The number of likely N-dealkylation sites (tertiary alicyclic amines) is 1. The van der Waals surface area contributed by atoms with Crippen LogP contribution in [0.2, 0.25) is 0 Å². The van der Waals surface area contributed by atoms with Crippen molar-refractivity contribution in [3.63, 3.8) is 0 Å². The normalized spacial score (nSPS) is 18.0. The summed E-state index contributed by atoms with van der Waals surface area (Å²) >= 11 is 0. The lowest BCUT2D eigenvalue weighted by Crippen LogP contribution is -2.41. The lowest BCUT2D eigenvalue weighted by molar-refractivity contribution is -0.135. The molecule has 2 aliphatic rings. The fourth-order valence-electron chi connectivity index (χ4n) is 4.01. The molecule has 0 atom stereocenters. The molecule has 142 valence electrons. The standard InChI is InChI=1S/C21H27N5O/c1-16-5-4-6-18(13-16)24-19-14-20(23-15-22-19)25-11-7-17(8-12-25)21(27)26-9-2-3-10-26/h4-6,13-15,17H,2-3,7-12H2,1H3,(H,22,23,24). The SMILES string of the molecule is Cc1cccc(Nc2cc(N3CCC(C(=O)N4CCCC4)CC3)ncn2)c1. The predicted octanol–water partition coefficient (Wildman–Crippen LogP) is 3.37. The minimum atomic E-state index is 0.172. The van der Waals surface area contributed by atoms with Crippen LogP contribution in [0.25, 0.3) is 0 Å². The Bertz CT molecular complexity index is 795. The minimum Gasteiger partial charge on any atom is -0.356 e. The number of piperidine rings is 1. The third-order valence-electron chi connectivity index (χ3n) is 5.53. The molecule has 2 saturated heterocycles. The lowest BCUT2D eigenvalue weighted by Gasteiger charge is -2.33. The number of amides is 1. The van der Waals surface area contributed by atoms with Crippen molar-refractivity contribution in [2.24, 2.45) is 5.92 Å². The van der Waals surface area contributed by atoms with Gasteiger partial charge in [0.05, 0.1) is 0 Å². The maximum Gasteiger partial charge on any atom is 0.225 e. The third-order valence-corrected chi connectivity index (χ3v) is 5.53. The molecule has 0 unspecified atom stereocenters. The topological polar surface area (TPSA) is 61.4 Å². The van der Waals surface area contributed by atoms with E-state index in [1.54, 1.807) is 6.33 Å². The zero-order chi connectivity index (χ0) is 18.6. The Kier molecular flexibility index (Phi) is 5.23. The van der Waals surface area contributed by atoms with Gasteiger partial charge in [-0.15, -0.1) is 0 Å². The summed E-state index contributed by atoms with van der Waals surface area (Å²) in [6.45, 7) is 5.69. The highest BCUT2D eigenvalue weighted by Gasteiger charge is 2.30. The second kappa shape index (κ2) is 7.94. The second-order valence-corrected chi connectivity index (χ2v) is 7.55. The number of nitrogens with one attached hydrogen (secondary N) is 1. The number of aromatic nitrogens is 2. The van der Waals surface area contributed by atoms with Gasteiger partial charge >= 0.3 is 0 Å². The highest BCUT2D eigenvalue weighted by Crippen LogP contribution is 2.26. The van der Waals surface area contributed by atoms with Gasteiger partial charge in [0.2, 0.25) is 5.91 Å². The van der Waals surface area contributed by atoms with Crippen molar-refractivity contribution in [3.8, 4) is 0 Å². The minimum absolute atomic E-state index is 0.172. The van der Waals surface area contributed by atoms with Gasteiger partial charge in [0.25, 0.3) is 0 Å². The van der Waals surface area contributed by atoms with Crippen LogP contribution in [-0.4, -0.2) is 47.0 Å². The summed E-state index contributed by atoms with van der Waals surface area (Å²) in [6.07, 6.45) is 5.72. The lowest BCUT2D eigenvalue weighted by atomic mass is 9.95. The number of carbonyl (C=O) groups is 1. The average Bonchev–Trinajstić information content (AvgIpc) is 3.23. The van der Waals surface area contributed by atoms with E-state index in [4.69, 9.17) is 0 Å². The molecule has 27 heavy (non-hydrogen) atoms. The molecule has 6 heteroatoms. The molecular formula is C21H27N5O. The van der Waals surface area contributed by atoms with E-state index in [9.17, 15) is 4.79 Å². The molecule has 1 aromatic carbocycles. The van der Waals surface area contributed by atoms with Gasteiger partial charge in [-0.05, 0) is 50.3 Å². The molecule has 4 rings (SSSR count). The first-order chi connectivity index (χ1) is 13.2. The third kappa shape index (κ3) is 4.21. The molecule has 2 aliphatic heterocycles. The van der Waals surface area contributed by atoms with Crippen molar-refractivity contribution in [1.29, 1.82) is 0 Å². The van der Waals surface area contributed by atoms with Crippen LogP contribution in [-0.2, 0) is 4.79 Å². The van der Waals surface area contributed by atoms with E-state index in [0.29, 0.717) is 5.91 Å². The molecule has 6 nitrogen and oxygen atoms in total. The number of hydrogen-bond acceptors (Lipinski definition) is 5. The second-order valence-electron chi connectivity index (χ2n) is 7.55. The van der Waals surface area contributed by atoms with Gasteiger partial charge in [0.15, 0.2) is 0 Å². The van der Waals surface area contributed by atoms with Gasteiger partial charge < -0.3 is 15.1 Å². The summed E-state index contributed by atoms with van der Waals surface area (Å²) in [4.78, 5) is 25.7. The molecule has 0 radical (unpaired) electrons. The molecule has 0 saturated carbocycles. The van der Waals surface area contributed by atoms with Crippen LogP contribution >= 0.6 is 0 Å². The van der Waals surface area contributed by atoms with Gasteiger partial charge in [-0.2, -0.15) is 0 Å². The fourth-order valence-corrected chi connectivity index (χ4v) is 4.01. The Hall–Kier alpha value is -2.63. The van der Waals surface area contributed by atoms with E-state index in [1.807, 2.05) is 18.2 Å². The van der Waals surface area contributed by atoms with Gasteiger partial charge in [-0.25, -0.2) is 9.97 Å². The maximum absolute atomic E-state index is 12.6. The molecule has 0 aliphatic carbocycles. The van der Waals surface area contributed by atoms with Crippen molar-refractivity contribution in [3.05, 3.63) is 42.2 Å². The van der Waals surface area contributed by atoms with Crippen molar-refractivity contribution in [1.82, 2.24) is 14.9 Å². The molecule has 0 spiro atoms. The summed E-state index contributed by atoms with van der Waals surface area (Å²) in [5.74, 6) is 2.25. The van der Waals surface area contributed by atoms with E-state index in [1.165, 1.54) is 5.56 Å². The fraction of sp³-hybridized carbons (Fsp3) is 0.476. The molecular weight excluding hydrogens is 338 g/mol. The highest BCUT2D eigenvalue weighted by atomic mass is 16.2. The Morgan fingerprint density at radius 3 is 2.59 bits per heavy atom. The number of nitrogens with zero attached hydrogens (tertiary/aromatic N) is 4. The van der Waals surface area contributed by atoms with Crippen LogP contribution in [0, 0.1) is 12.8 Å². The summed E-state index contributed by atoms with van der Waals surface area (Å²) in [7, 11) is 0. The number of rotatable bonds is 4. The van der Waals surface area contributed by atoms with E-state index in [2.05, 4.69) is 44.1 Å². The largest absolute Gasteiger partial charge is 0.356 e. The Morgan fingerprint density at radius 1 is 1.07 bits per heavy atom. The van der Waals surface area contributed by atoms with Crippen molar-refractivity contribution < 1.29 is 4.79 Å². The Labute approximate surface area is 160 Å². The van der Waals surface area contributed by atoms with E-state index in [0.717, 1.165) is 69.2 Å². The smallest absolute Gasteiger partial charge is 0.225 e. The first-order valence-electron chi connectivity index (χ1n) is 9.88. The van der Waals surface area contributed by atoms with Gasteiger partial charge in [-0.1, -0.05) is 12.1 Å². The zero-order valence-corrected chi connectivity index (χ0v) is 15.9. The van der Waals surface area contributed by atoms with E-state index in [-0.39, 0.29) is 5.92 Å².